The third-order valence-corrected chi connectivity index (χ3v) is 3.02. The van der Waals surface area contributed by atoms with Crippen molar-refractivity contribution in [1.82, 2.24) is 10.3 Å². The number of benzene rings is 1. The van der Waals surface area contributed by atoms with E-state index in [0.717, 1.165) is 17.7 Å². The summed E-state index contributed by atoms with van der Waals surface area (Å²) in [6.45, 7) is 0.528. The lowest BCUT2D eigenvalue weighted by Gasteiger charge is -2.06. The molecular formula is C15H15ClN2O2. The summed E-state index contributed by atoms with van der Waals surface area (Å²) in [6, 6.07) is 10.9. The number of carbonyl (C=O) groups is 1. The van der Waals surface area contributed by atoms with E-state index in [4.69, 9.17) is 16.3 Å². The van der Waals surface area contributed by atoms with Gasteiger partial charge in [-0.25, -0.2) is 0 Å². The zero-order valence-corrected chi connectivity index (χ0v) is 11.9. The van der Waals surface area contributed by atoms with E-state index in [1.165, 1.54) is 6.20 Å². The van der Waals surface area contributed by atoms with Crippen LogP contribution in [-0.2, 0) is 6.42 Å². The van der Waals surface area contributed by atoms with Crippen molar-refractivity contribution in [2.75, 3.05) is 13.7 Å². The van der Waals surface area contributed by atoms with E-state index >= 15 is 0 Å². The van der Waals surface area contributed by atoms with Crippen LogP contribution >= 0.6 is 11.6 Å². The van der Waals surface area contributed by atoms with Crippen LogP contribution in [0.3, 0.4) is 0 Å². The Bertz CT molecular complexity index is 602. The van der Waals surface area contributed by atoms with Crippen LogP contribution in [0.5, 0.6) is 5.75 Å². The van der Waals surface area contributed by atoms with Crippen molar-refractivity contribution in [3.8, 4) is 5.75 Å². The summed E-state index contributed by atoms with van der Waals surface area (Å²) < 4.78 is 5.15. The number of methoxy groups -OCH3 is 1. The Morgan fingerprint density at radius 1 is 1.35 bits per heavy atom. The van der Waals surface area contributed by atoms with Gasteiger partial charge in [0.05, 0.1) is 7.11 Å². The molecule has 0 aliphatic rings. The third kappa shape index (κ3) is 3.96. The van der Waals surface area contributed by atoms with Crippen LogP contribution in [0.2, 0.25) is 5.02 Å². The highest BCUT2D eigenvalue weighted by atomic mass is 35.5. The largest absolute Gasteiger partial charge is 0.497 e. The van der Waals surface area contributed by atoms with Gasteiger partial charge in [-0.05, 0) is 36.2 Å². The predicted molar refractivity (Wildman–Crippen MR) is 78.3 cm³/mol. The van der Waals surface area contributed by atoms with Crippen molar-refractivity contribution < 1.29 is 9.53 Å². The smallest absolute Gasteiger partial charge is 0.269 e. The maximum atomic E-state index is 11.9. The summed E-state index contributed by atoms with van der Waals surface area (Å²) >= 11 is 5.82. The van der Waals surface area contributed by atoms with Crippen LogP contribution in [0.25, 0.3) is 0 Å². The lowest BCUT2D eigenvalue weighted by molar-refractivity contribution is 0.0949. The fourth-order valence-corrected chi connectivity index (χ4v) is 1.93. The molecule has 0 unspecified atom stereocenters. The molecule has 0 bridgehead atoms. The van der Waals surface area contributed by atoms with Gasteiger partial charge < -0.3 is 10.1 Å². The number of amides is 1. The molecule has 4 nitrogen and oxygen atoms in total. The number of nitrogens with one attached hydrogen (secondary N) is 1. The molecule has 0 aliphatic heterocycles. The Hall–Kier alpha value is -2.07. The normalized spacial score (nSPS) is 10.1. The van der Waals surface area contributed by atoms with Gasteiger partial charge in [-0.2, -0.15) is 0 Å². The number of hydrogen-bond donors (Lipinski definition) is 1. The van der Waals surface area contributed by atoms with Gasteiger partial charge in [0.15, 0.2) is 0 Å². The van der Waals surface area contributed by atoms with E-state index in [1.54, 1.807) is 19.2 Å². The van der Waals surface area contributed by atoms with Crippen LogP contribution in [-0.4, -0.2) is 24.5 Å². The molecule has 1 N–H and O–H groups in total. The fraction of sp³-hybridized carbons (Fsp3) is 0.200. The molecule has 2 aromatic rings. The van der Waals surface area contributed by atoms with Crippen molar-refractivity contribution in [2.24, 2.45) is 0 Å². The Morgan fingerprint density at radius 3 is 2.95 bits per heavy atom. The van der Waals surface area contributed by atoms with E-state index in [0.29, 0.717) is 17.3 Å². The molecule has 20 heavy (non-hydrogen) atoms. The molecule has 0 saturated heterocycles. The molecule has 5 heteroatoms. The quantitative estimate of drug-likeness (QED) is 0.921. The van der Waals surface area contributed by atoms with Crippen LogP contribution in [0.4, 0.5) is 0 Å². The third-order valence-electron chi connectivity index (χ3n) is 2.79. The summed E-state index contributed by atoms with van der Waals surface area (Å²) in [5, 5.41) is 3.31. The van der Waals surface area contributed by atoms with Crippen molar-refractivity contribution in [3.05, 3.63) is 58.9 Å². The van der Waals surface area contributed by atoms with E-state index in [2.05, 4.69) is 10.3 Å². The summed E-state index contributed by atoms with van der Waals surface area (Å²) in [4.78, 5) is 15.8. The van der Waals surface area contributed by atoms with E-state index in [-0.39, 0.29) is 5.91 Å². The topological polar surface area (TPSA) is 51.2 Å². The van der Waals surface area contributed by atoms with Gasteiger partial charge in [0.1, 0.15) is 11.4 Å². The van der Waals surface area contributed by atoms with E-state index < -0.39 is 0 Å². The fourth-order valence-electron chi connectivity index (χ4n) is 1.77. The highest BCUT2D eigenvalue weighted by molar-refractivity contribution is 6.30. The second-order valence-electron chi connectivity index (χ2n) is 4.22. The molecule has 2 rings (SSSR count). The minimum absolute atomic E-state index is 0.226. The predicted octanol–water partition coefficient (Wildman–Crippen LogP) is 2.72. The maximum Gasteiger partial charge on any atom is 0.269 e. The molecule has 1 aromatic carbocycles. The molecule has 0 fully saturated rings. The maximum absolute atomic E-state index is 11.9. The van der Waals surface area contributed by atoms with Gasteiger partial charge in [-0.3, -0.25) is 9.78 Å². The second-order valence-corrected chi connectivity index (χ2v) is 4.65. The average molecular weight is 291 g/mol. The van der Waals surface area contributed by atoms with Gasteiger partial charge in [0.2, 0.25) is 0 Å². The van der Waals surface area contributed by atoms with Gasteiger partial charge in [-0.1, -0.05) is 23.7 Å². The number of ether oxygens (including phenoxy) is 1. The molecule has 1 heterocycles. The number of aromatic nitrogens is 1. The first-order chi connectivity index (χ1) is 9.69. The molecule has 0 atom stereocenters. The molecule has 0 aliphatic carbocycles. The number of nitrogens with zero attached hydrogens (tertiary/aromatic N) is 1. The first-order valence-corrected chi connectivity index (χ1v) is 6.59. The first kappa shape index (κ1) is 14.3. The summed E-state index contributed by atoms with van der Waals surface area (Å²) in [5.41, 5.74) is 1.42. The zero-order chi connectivity index (χ0) is 14.4. The van der Waals surface area contributed by atoms with Crippen LogP contribution in [0.15, 0.2) is 42.6 Å². The number of rotatable bonds is 5. The highest BCUT2D eigenvalue weighted by Gasteiger charge is 2.06. The van der Waals surface area contributed by atoms with Gasteiger partial charge >= 0.3 is 0 Å². The van der Waals surface area contributed by atoms with Crippen LogP contribution in [0, 0.1) is 0 Å². The zero-order valence-electron chi connectivity index (χ0n) is 11.1. The highest BCUT2D eigenvalue weighted by Crippen LogP contribution is 2.12. The molecule has 0 spiro atoms. The van der Waals surface area contributed by atoms with Crippen molar-refractivity contribution >= 4 is 17.5 Å². The SMILES string of the molecule is COc1cccc(CCNC(=O)c2cc(Cl)ccn2)c1. The number of halogens is 1. The van der Waals surface area contributed by atoms with Gasteiger partial charge in [0.25, 0.3) is 5.91 Å². The molecular weight excluding hydrogens is 276 g/mol. The molecule has 104 valence electrons. The number of carbonyl (C=O) groups excluding carboxylic acids is 1. The standard InChI is InChI=1S/C15H15ClN2O2/c1-20-13-4-2-3-11(9-13)5-7-18-15(19)14-10-12(16)6-8-17-14/h2-4,6,8-10H,5,7H2,1H3,(H,18,19). The molecule has 1 aromatic heterocycles. The number of pyridine rings is 1. The Labute approximate surface area is 122 Å². The van der Waals surface area contributed by atoms with Crippen molar-refractivity contribution in [3.63, 3.8) is 0 Å². The minimum atomic E-state index is -0.226. The average Bonchev–Trinajstić information content (AvgIpc) is 2.47. The van der Waals surface area contributed by atoms with E-state index in [1.807, 2.05) is 24.3 Å². The van der Waals surface area contributed by atoms with Crippen LogP contribution in [0.1, 0.15) is 16.1 Å². The van der Waals surface area contributed by atoms with Gasteiger partial charge in [0, 0.05) is 17.8 Å². The minimum Gasteiger partial charge on any atom is -0.497 e. The molecule has 1 amide bonds. The summed E-state index contributed by atoms with van der Waals surface area (Å²) in [5.74, 6) is 0.584. The molecule has 0 saturated carbocycles. The van der Waals surface area contributed by atoms with E-state index in [9.17, 15) is 4.79 Å². The second kappa shape index (κ2) is 6.91. The monoisotopic (exact) mass is 290 g/mol. The lowest BCUT2D eigenvalue weighted by Crippen LogP contribution is -2.26. The van der Waals surface area contributed by atoms with Crippen LogP contribution < -0.4 is 10.1 Å². The Balaban J connectivity index is 1.88. The van der Waals surface area contributed by atoms with Gasteiger partial charge in [-0.15, -0.1) is 0 Å². The Kier molecular flexibility index (Phi) is 4.96. The van der Waals surface area contributed by atoms with Crippen molar-refractivity contribution in [1.29, 1.82) is 0 Å². The molecule has 0 radical (unpaired) electrons. The van der Waals surface area contributed by atoms with Crippen molar-refractivity contribution in [2.45, 2.75) is 6.42 Å². The summed E-state index contributed by atoms with van der Waals surface area (Å²) in [6.07, 6.45) is 2.24. The summed E-state index contributed by atoms with van der Waals surface area (Å²) in [7, 11) is 1.63. The number of hydrogen-bond acceptors (Lipinski definition) is 3. The first-order valence-electron chi connectivity index (χ1n) is 6.22. The Morgan fingerprint density at radius 2 is 2.20 bits per heavy atom. The lowest BCUT2D eigenvalue weighted by atomic mass is 10.1.